The second kappa shape index (κ2) is 10.8. The number of nitrogens with zero attached hydrogens (tertiary/aromatic N) is 2. The van der Waals surface area contributed by atoms with Gasteiger partial charge in [0.1, 0.15) is 0 Å². The molecule has 0 aromatic carbocycles. The van der Waals surface area contributed by atoms with Gasteiger partial charge >= 0.3 is 0 Å². The summed E-state index contributed by atoms with van der Waals surface area (Å²) in [4.78, 5) is 5.08. The third-order valence-corrected chi connectivity index (χ3v) is 4.17. The molecule has 108 valence electrons. The molecule has 0 unspecified atom stereocenters. The minimum absolute atomic E-state index is 1.26. The van der Waals surface area contributed by atoms with E-state index in [1.54, 1.807) is 0 Å². The molecule has 0 bridgehead atoms. The van der Waals surface area contributed by atoms with Crippen molar-refractivity contribution in [1.82, 2.24) is 9.80 Å². The molecule has 1 rings (SSSR count). The molecule has 0 N–H and O–H groups in total. The van der Waals surface area contributed by atoms with E-state index < -0.39 is 0 Å². The summed E-state index contributed by atoms with van der Waals surface area (Å²) < 4.78 is 0. The third-order valence-electron chi connectivity index (χ3n) is 4.17. The predicted octanol–water partition coefficient (Wildman–Crippen LogP) is 3.76. The molecule has 18 heavy (non-hydrogen) atoms. The SMILES string of the molecule is CCCCCCCCCCCN1CCN(C)CC1. The summed E-state index contributed by atoms with van der Waals surface area (Å²) in [7, 11) is 2.23. The molecule has 0 aliphatic carbocycles. The largest absolute Gasteiger partial charge is 0.304 e. The van der Waals surface area contributed by atoms with Gasteiger partial charge in [-0.15, -0.1) is 0 Å². The lowest BCUT2D eigenvalue weighted by Crippen LogP contribution is -2.44. The average Bonchev–Trinajstić information content (AvgIpc) is 2.39. The fraction of sp³-hybridized carbons (Fsp3) is 1.00. The Hall–Kier alpha value is -0.0800. The second-order valence-electron chi connectivity index (χ2n) is 5.97. The lowest BCUT2D eigenvalue weighted by atomic mass is 10.1. The Bertz CT molecular complexity index is 174. The van der Waals surface area contributed by atoms with E-state index >= 15 is 0 Å². The van der Waals surface area contributed by atoms with Gasteiger partial charge in [0.2, 0.25) is 0 Å². The minimum Gasteiger partial charge on any atom is -0.304 e. The van der Waals surface area contributed by atoms with Crippen LogP contribution in [0.15, 0.2) is 0 Å². The van der Waals surface area contributed by atoms with E-state index in [-0.39, 0.29) is 0 Å². The summed E-state index contributed by atoms with van der Waals surface area (Å²) in [6, 6.07) is 0. The monoisotopic (exact) mass is 254 g/mol. The lowest BCUT2D eigenvalue weighted by molar-refractivity contribution is 0.152. The van der Waals surface area contributed by atoms with Crippen LogP contribution < -0.4 is 0 Å². The lowest BCUT2D eigenvalue weighted by Gasteiger charge is -2.32. The van der Waals surface area contributed by atoms with Gasteiger partial charge in [-0.25, -0.2) is 0 Å². The molecule has 1 aliphatic rings. The smallest absolute Gasteiger partial charge is 0.0110 e. The standard InChI is InChI=1S/C16H34N2/c1-3-4-5-6-7-8-9-10-11-12-18-15-13-17(2)14-16-18/h3-16H2,1-2H3. The first-order chi connectivity index (χ1) is 8.83. The molecular formula is C16H34N2. The molecule has 2 nitrogen and oxygen atoms in total. The number of hydrogen-bond donors (Lipinski definition) is 0. The number of piperazine rings is 1. The quantitative estimate of drug-likeness (QED) is 0.548. The Balaban J connectivity index is 1.78. The molecule has 0 aromatic heterocycles. The van der Waals surface area contributed by atoms with E-state index in [1.807, 2.05) is 0 Å². The van der Waals surface area contributed by atoms with Crippen LogP contribution in [0.3, 0.4) is 0 Å². The van der Waals surface area contributed by atoms with E-state index in [9.17, 15) is 0 Å². The van der Waals surface area contributed by atoms with Crippen molar-refractivity contribution in [2.24, 2.45) is 0 Å². The molecule has 0 spiro atoms. The topological polar surface area (TPSA) is 6.48 Å². The van der Waals surface area contributed by atoms with Crippen LogP contribution in [-0.2, 0) is 0 Å². The van der Waals surface area contributed by atoms with Gasteiger partial charge in [-0.1, -0.05) is 58.3 Å². The summed E-state index contributed by atoms with van der Waals surface area (Å²) in [6.45, 7) is 8.72. The fourth-order valence-electron chi connectivity index (χ4n) is 2.72. The van der Waals surface area contributed by atoms with Crippen molar-refractivity contribution in [2.45, 2.75) is 64.7 Å². The number of unbranched alkanes of at least 4 members (excludes halogenated alkanes) is 8. The number of hydrogen-bond acceptors (Lipinski definition) is 2. The Morgan fingerprint density at radius 1 is 0.667 bits per heavy atom. The van der Waals surface area contributed by atoms with E-state index in [4.69, 9.17) is 0 Å². The van der Waals surface area contributed by atoms with Crippen LogP contribution in [-0.4, -0.2) is 49.6 Å². The van der Waals surface area contributed by atoms with Crippen molar-refractivity contribution in [3.8, 4) is 0 Å². The Kier molecular flexibility index (Phi) is 9.59. The summed E-state index contributed by atoms with van der Waals surface area (Å²) >= 11 is 0. The zero-order chi connectivity index (χ0) is 13.1. The molecule has 0 saturated carbocycles. The maximum Gasteiger partial charge on any atom is 0.0110 e. The van der Waals surface area contributed by atoms with E-state index in [0.717, 1.165) is 0 Å². The summed E-state index contributed by atoms with van der Waals surface area (Å²) in [5, 5.41) is 0. The highest BCUT2D eigenvalue weighted by Crippen LogP contribution is 2.10. The number of likely N-dealkylation sites (N-methyl/N-ethyl adjacent to an activating group) is 1. The van der Waals surface area contributed by atoms with Crippen molar-refractivity contribution in [3.05, 3.63) is 0 Å². The minimum atomic E-state index is 1.26. The van der Waals surface area contributed by atoms with Crippen LogP contribution in [0.2, 0.25) is 0 Å². The van der Waals surface area contributed by atoms with Gasteiger partial charge in [0, 0.05) is 26.2 Å². The zero-order valence-corrected chi connectivity index (χ0v) is 12.8. The molecule has 1 saturated heterocycles. The molecule has 1 heterocycles. The maximum absolute atomic E-state index is 2.64. The van der Waals surface area contributed by atoms with Crippen molar-refractivity contribution < 1.29 is 0 Å². The predicted molar refractivity (Wildman–Crippen MR) is 81.2 cm³/mol. The van der Waals surface area contributed by atoms with Gasteiger partial charge in [-0.2, -0.15) is 0 Å². The van der Waals surface area contributed by atoms with Crippen LogP contribution in [0.4, 0.5) is 0 Å². The van der Waals surface area contributed by atoms with Gasteiger partial charge < -0.3 is 9.80 Å². The third kappa shape index (κ3) is 8.10. The van der Waals surface area contributed by atoms with Gasteiger partial charge in [0.05, 0.1) is 0 Å². The maximum atomic E-state index is 2.64. The van der Waals surface area contributed by atoms with Gasteiger partial charge in [0.15, 0.2) is 0 Å². The molecule has 0 aromatic rings. The fourth-order valence-corrected chi connectivity index (χ4v) is 2.72. The van der Waals surface area contributed by atoms with E-state index in [1.165, 1.54) is 90.5 Å². The molecule has 0 amide bonds. The highest BCUT2D eigenvalue weighted by molar-refractivity contribution is 4.68. The molecular weight excluding hydrogens is 220 g/mol. The molecule has 1 fully saturated rings. The van der Waals surface area contributed by atoms with Crippen LogP contribution >= 0.6 is 0 Å². The van der Waals surface area contributed by atoms with Gasteiger partial charge in [0.25, 0.3) is 0 Å². The molecule has 0 radical (unpaired) electrons. The molecule has 2 heteroatoms. The van der Waals surface area contributed by atoms with Gasteiger partial charge in [-0.05, 0) is 20.0 Å². The summed E-state index contributed by atoms with van der Waals surface area (Å²) in [5.74, 6) is 0. The normalized spacial score (nSPS) is 18.3. The zero-order valence-electron chi connectivity index (χ0n) is 12.8. The summed E-state index contributed by atoms with van der Waals surface area (Å²) in [5.41, 5.74) is 0. The van der Waals surface area contributed by atoms with Crippen molar-refractivity contribution in [1.29, 1.82) is 0 Å². The van der Waals surface area contributed by atoms with Gasteiger partial charge in [-0.3, -0.25) is 0 Å². The van der Waals surface area contributed by atoms with Crippen LogP contribution in [0.5, 0.6) is 0 Å². The number of rotatable bonds is 10. The second-order valence-corrected chi connectivity index (χ2v) is 5.97. The van der Waals surface area contributed by atoms with Crippen LogP contribution in [0, 0.1) is 0 Å². The molecule has 1 aliphatic heterocycles. The van der Waals surface area contributed by atoms with E-state index in [2.05, 4.69) is 23.8 Å². The van der Waals surface area contributed by atoms with Crippen LogP contribution in [0.25, 0.3) is 0 Å². The van der Waals surface area contributed by atoms with Crippen molar-refractivity contribution >= 4 is 0 Å². The first kappa shape index (κ1) is 16.0. The molecule has 0 atom stereocenters. The highest BCUT2D eigenvalue weighted by atomic mass is 15.2. The van der Waals surface area contributed by atoms with Crippen LogP contribution in [0.1, 0.15) is 64.7 Å². The van der Waals surface area contributed by atoms with Crippen molar-refractivity contribution in [2.75, 3.05) is 39.8 Å². The van der Waals surface area contributed by atoms with E-state index in [0.29, 0.717) is 0 Å². The first-order valence-electron chi connectivity index (χ1n) is 8.24. The summed E-state index contributed by atoms with van der Waals surface area (Å²) in [6.07, 6.45) is 13.0. The Morgan fingerprint density at radius 2 is 1.17 bits per heavy atom. The Labute approximate surface area is 115 Å². The average molecular weight is 254 g/mol. The highest BCUT2D eigenvalue weighted by Gasteiger charge is 2.12. The first-order valence-corrected chi connectivity index (χ1v) is 8.24. The Morgan fingerprint density at radius 3 is 1.72 bits per heavy atom. The van der Waals surface area contributed by atoms with Crippen molar-refractivity contribution in [3.63, 3.8) is 0 Å².